The van der Waals surface area contributed by atoms with Gasteiger partial charge in [0.1, 0.15) is 11.4 Å². The molecule has 128 valence electrons. The standard InChI is InChI=1S/C19H18N2O4/c1-12-3-8-18-15(9-12)16(21-25-18)10-19(23)20-11-17(22)13-4-6-14(24-2)7-5-13/h3-9H,10-11H2,1-2H3,(H,20,23). The van der Waals surface area contributed by atoms with Crippen molar-refractivity contribution in [2.75, 3.05) is 13.7 Å². The number of aromatic nitrogens is 1. The second kappa shape index (κ2) is 7.17. The Bertz CT molecular complexity index is 913. The molecule has 0 radical (unpaired) electrons. The summed E-state index contributed by atoms with van der Waals surface area (Å²) in [7, 11) is 1.56. The summed E-state index contributed by atoms with van der Waals surface area (Å²) in [5.41, 5.74) is 2.78. The van der Waals surface area contributed by atoms with Gasteiger partial charge in [0.25, 0.3) is 0 Å². The van der Waals surface area contributed by atoms with Gasteiger partial charge in [-0.05, 0) is 43.3 Å². The third-order valence-corrected chi connectivity index (χ3v) is 3.89. The van der Waals surface area contributed by atoms with E-state index in [4.69, 9.17) is 9.26 Å². The molecule has 25 heavy (non-hydrogen) atoms. The Balaban J connectivity index is 1.60. The van der Waals surface area contributed by atoms with Crippen LogP contribution in [0, 0.1) is 6.92 Å². The summed E-state index contributed by atoms with van der Waals surface area (Å²) in [4.78, 5) is 24.2. The van der Waals surface area contributed by atoms with Gasteiger partial charge in [-0.1, -0.05) is 16.8 Å². The van der Waals surface area contributed by atoms with Crippen molar-refractivity contribution < 1.29 is 18.8 Å². The summed E-state index contributed by atoms with van der Waals surface area (Å²) in [6.07, 6.45) is 0.0619. The molecule has 6 heteroatoms. The predicted octanol–water partition coefficient (Wildman–Crippen LogP) is 2.69. The summed E-state index contributed by atoms with van der Waals surface area (Å²) < 4.78 is 10.3. The molecule has 3 rings (SSSR count). The molecule has 0 bridgehead atoms. The number of hydrogen-bond acceptors (Lipinski definition) is 5. The zero-order chi connectivity index (χ0) is 17.8. The van der Waals surface area contributed by atoms with Crippen LogP contribution in [-0.4, -0.2) is 30.5 Å². The van der Waals surface area contributed by atoms with Gasteiger partial charge < -0.3 is 14.6 Å². The molecule has 1 amide bonds. The molecule has 0 fully saturated rings. The van der Waals surface area contributed by atoms with Crippen molar-refractivity contribution in [3.8, 4) is 5.75 Å². The van der Waals surface area contributed by atoms with E-state index in [1.807, 2.05) is 25.1 Å². The van der Waals surface area contributed by atoms with Gasteiger partial charge in [0.05, 0.1) is 20.1 Å². The van der Waals surface area contributed by atoms with E-state index in [1.54, 1.807) is 31.4 Å². The molecular formula is C19H18N2O4. The van der Waals surface area contributed by atoms with Gasteiger partial charge in [-0.2, -0.15) is 0 Å². The van der Waals surface area contributed by atoms with Crippen LogP contribution in [0.4, 0.5) is 0 Å². The number of nitrogens with one attached hydrogen (secondary N) is 1. The summed E-state index contributed by atoms with van der Waals surface area (Å²) in [6.45, 7) is 1.89. The van der Waals surface area contributed by atoms with Gasteiger partial charge in [-0.15, -0.1) is 0 Å². The Morgan fingerprint density at radius 1 is 1.16 bits per heavy atom. The number of Topliss-reactive ketones (excluding diaryl/α,β-unsaturated/α-hetero) is 1. The van der Waals surface area contributed by atoms with Gasteiger partial charge in [-0.3, -0.25) is 9.59 Å². The second-order valence-corrected chi connectivity index (χ2v) is 5.73. The number of carbonyl (C=O) groups is 2. The zero-order valence-electron chi connectivity index (χ0n) is 14.0. The molecule has 0 saturated heterocycles. The lowest BCUT2D eigenvalue weighted by molar-refractivity contribution is -0.120. The maximum absolute atomic E-state index is 12.1. The number of ether oxygens (including phenoxy) is 1. The third kappa shape index (κ3) is 3.85. The lowest BCUT2D eigenvalue weighted by Crippen LogP contribution is -2.30. The minimum atomic E-state index is -0.279. The minimum Gasteiger partial charge on any atom is -0.497 e. The molecule has 0 aliphatic carbocycles. The third-order valence-electron chi connectivity index (χ3n) is 3.89. The number of benzene rings is 2. The Morgan fingerprint density at radius 2 is 1.92 bits per heavy atom. The Morgan fingerprint density at radius 3 is 2.64 bits per heavy atom. The van der Waals surface area contributed by atoms with Gasteiger partial charge in [0.15, 0.2) is 11.4 Å². The molecule has 1 aromatic heterocycles. The number of fused-ring (bicyclic) bond motifs is 1. The first-order valence-electron chi connectivity index (χ1n) is 7.85. The first kappa shape index (κ1) is 16.7. The lowest BCUT2D eigenvalue weighted by atomic mass is 10.1. The van der Waals surface area contributed by atoms with Gasteiger partial charge in [-0.25, -0.2) is 0 Å². The van der Waals surface area contributed by atoms with E-state index < -0.39 is 0 Å². The molecule has 1 N–H and O–H groups in total. The van der Waals surface area contributed by atoms with Crippen LogP contribution in [0.1, 0.15) is 21.6 Å². The maximum Gasteiger partial charge on any atom is 0.226 e. The van der Waals surface area contributed by atoms with Gasteiger partial charge in [0, 0.05) is 10.9 Å². The van der Waals surface area contributed by atoms with Crippen LogP contribution in [-0.2, 0) is 11.2 Å². The summed E-state index contributed by atoms with van der Waals surface area (Å²) in [6, 6.07) is 12.4. The molecule has 0 spiro atoms. The normalized spacial score (nSPS) is 10.6. The van der Waals surface area contributed by atoms with Crippen molar-refractivity contribution >= 4 is 22.7 Å². The molecule has 1 heterocycles. The van der Waals surface area contributed by atoms with Crippen LogP contribution in [0.3, 0.4) is 0 Å². The molecule has 2 aromatic carbocycles. The number of carbonyl (C=O) groups excluding carboxylic acids is 2. The highest BCUT2D eigenvalue weighted by Gasteiger charge is 2.14. The van der Waals surface area contributed by atoms with Crippen molar-refractivity contribution in [1.82, 2.24) is 10.5 Å². The fourth-order valence-corrected chi connectivity index (χ4v) is 2.50. The second-order valence-electron chi connectivity index (χ2n) is 5.73. The number of amides is 1. The molecule has 6 nitrogen and oxygen atoms in total. The monoisotopic (exact) mass is 338 g/mol. The number of ketones is 1. The predicted molar refractivity (Wildman–Crippen MR) is 92.8 cm³/mol. The quantitative estimate of drug-likeness (QED) is 0.699. The number of methoxy groups -OCH3 is 1. The molecule has 3 aromatic rings. The molecule has 0 saturated carbocycles. The molecule has 0 aliphatic rings. The summed E-state index contributed by atoms with van der Waals surface area (Å²) in [5, 5.41) is 7.39. The topological polar surface area (TPSA) is 81.4 Å². The van der Waals surface area contributed by atoms with Crippen LogP contribution < -0.4 is 10.1 Å². The minimum absolute atomic E-state index is 0.0619. The number of hydrogen-bond donors (Lipinski definition) is 1. The van der Waals surface area contributed by atoms with E-state index >= 15 is 0 Å². The fourth-order valence-electron chi connectivity index (χ4n) is 2.50. The number of rotatable bonds is 6. The average Bonchev–Trinajstić information content (AvgIpc) is 3.01. The SMILES string of the molecule is COc1ccc(C(=O)CNC(=O)Cc2noc3ccc(C)cc23)cc1. The van der Waals surface area contributed by atoms with E-state index in [0.29, 0.717) is 22.6 Å². The van der Waals surface area contributed by atoms with Gasteiger partial charge in [0.2, 0.25) is 5.91 Å². The van der Waals surface area contributed by atoms with Gasteiger partial charge >= 0.3 is 0 Å². The molecular weight excluding hydrogens is 320 g/mol. The Kier molecular flexibility index (Phi) is 4.79. The smallest absolute Gasteiger partial charge is 0.226 e. The molecule has 0 atom stereocenters. The van der Waals surface area contributed by atoms with Crippen molar-refractivity contribution in [3.05, 3.63) is 59.3 Å². The highest BCUT2D eigenvalue weighted by molar-refractivity contribution is 5.99. The van der Waals surface area contributed by atoms with E-state index in [-0.39, 0.29) is 24.7 Å². The van der Waals surface area contributed by atoms with E-state index in [9.17, 15) is 9.59 Å². The summed E-state index contributed by atoms with van der Waals surface area (Å²) in [5.74, 6) is 0.226. The van der Waals surface area contributed by atoms with Crippen molar-refractivity contribution in [2.45, 2.75) is 13.3 Å². The van der Waals surface area contributed by atoms with Crippen LogP contribution in [0.2, 0.25) is 0 Å². The van der Waals surface area contributed by atoms with Crippen LogP contribution in [0.25, 0.3) is 11.0 Å². The molecule has 0 unspecified atom stereocenters. The van der Waals surface area contributed by atoms with E-state index in [0.717, 1.165) is 10.9 Å². The van der Waals surface area contributed by atoms with Crippen LogP contribution in [0.5, 0.6) is 5.75 Å². The average molecular weight is 338 g/mol. The largest absolute Gasteiger partial charge is 0.497 e. The lowest BCUT2D eigenvalue weighted by Gasteiger charge is -2.05. The zero-order valence-corrected chi connectivity index (χ0v) is 14.0. The van der Waals surface area contributed by atoms with Crippen molar-refractivity contribution in [1.29, 1.82) is 0 Å². The highest BCUT2D eigenvalue weighted by Crippen LogP contribution is 2.20. The van der Waals surface area contributed by atoms with E-state index in [2.05, 4.69) is 10.5 Å². The van der Waals surface area contributed by atoms with Crippen molar-refractivity contribution in [3.63, 3.8) is 0 Å². The summed E-state index contributed by atoms with van der Waals surface area (Å²) >= 11 is 0. The first-order chi connectivity index (χ1) is 12.1. The fraction of sp³-hybridized carbons (Fsp3) is 0.211. The van der Waals surface area contributed by atoms with E-state index in [1.165, 1.54) is 0 Å². The Hall–Kier alpha value is -3.15. The van der Waals surface area contributed by atoms with Crippen LogP contribution in [0.15, 0.2) is 47.0 Å². The van der Waals surface area contributed by atoms with Crippen molar-refractivity contribution in [2.24, 2.45) is 0 Å². The highest BCUT2D eigenvalue weighted by atomic mass is 16.5. The van der Waals surface area contributed by atoms with Crippen LogP contribution >= 0.6 is 0 Å². The molecule has 0 aliphatic heterocycles. The first-order valence-corrected chi connectivity index (χ1v) is 7.85. The number of aryl methyl sites for hydroxylation is 1. The number of nitrogens with zero attached hydrogens (tertiary/aromatic N) is 1. The Labute approximate surface area is 144 Å². The maximum atomic E-state index is 12.1.